The SMILES string of the molecule is COc1cc(/C=C/C(=O)OCC(=O)N2CCCc3ccccc32)ccc1OC(C)C. The van der Waals surface area contributed by atoms with Gasteiger partial charge in [-0.15, -0.1) is 0 Å². The van der Waals surface area contributed by atoms with E-state index in [2.05, 4.69) is 0 Å². The van der Waals surface area contributed by atoms with Gasteiger partial charge in [0.05, 0.1) is 13.2 Å². The molecule has 0 unspecified atom stereocenters. The molecule has 6 nitrogen and oxygen atoms in total. The number of hydrogen-bond donors (Lipinski definition) is 0. The van der Waals surface area contributed by atoms with Crippen molar-refractivity contribution in [3.63, 3.8) is 0 Å². The first-order valence-electron chi connectivity index (χ1n) is 10.1. The van der Waals surface area contributed by atoms with Crippen molar-refractivity contribution in [2.75, 3.05) is 25.2 Å². The minimum Gasteiger partial charge on any atom is -0.493 e. The van der Waals surface area contributed by atoms with Crippen LogP contribution in [-0.4, -0.2) is 38.2 Å². The van der Waals surface area contributed by atoms with Gasteiger partial charge in [0.2, 0.25) is 0 Å². The predicted octanol–water partition coefficient (Wildman–Crippen LogP) is 4.02. The third kappa shape index (κ3) is 5.41. The van der Waals surface area contributed by atoms with Crippen LogP contribution in [0.3, 0.4) is 0 Å². The molecule has 0 N–H and O–H groups in total. The molecule has 0 bridgehead atoms. The van der Waals surface area contributed by atoms with Crippen LogP contribution < -0.4 is 14.4 Å². The Labute approximate surface area is 177 Å². The van der Waals surface area contributed by atoms with E-state index >= 15 is 0 Å². The fourth-order valence-corrected chi connectivity index (χ4v) is 3.35. The number of nitrogens with zero attached hydrogens (tertiary/aromatic N) is 1. The summed E-state index contributed by atoms with van der Waals surface area (Å²) in [5, 5.41) is 0. The summed E-state index contributed by atoms with van der Waals surface area (Å²) in [7, 11) is 1.56. The Morgan fingerprint density at radius 2 is 1.93 bits per heavy atom. The molecule has 158 valence electrons. The molecule has 0 radical (unpaired) electrons. The fourth-order valence-electron chi connectivity index (χ4n) is 3.35. The van der Waals surface area contributed by atoms with Gasteiger partial charge in [-0.05, 0) is 62.1 Å². The van der Waals surface area contributed by atoms with Crippen LogP contribution in [0.2, 0.25) is 0 Å². The van der Waals surface area contributed by atoms with E-state index in [1.54, 1.807) is 30.2 Å². The predicted molar refractivity (Wildman–Crippen MR) is 116 cm³/mol. The topological polar surface area (TPSA) is 65.1 Å². The number of methoxy groups -OCH3 is 1. The Morgan fingerprint density at radius 3 is 2.70 bits per heavy atom. The number of carbonyl (C=O) groups excluding carboxylic acids is 2. The molecular weight excluding hydrogens is 382 g/mol. The van der Waals surface area contributed by atoms with E-state index in [9.17, 15) is 9.59 Å². The number of para-hydroxylation sites is 1. The van der Waals surface area contributed by atoms with Crippen LogP contribution in [0.5, 0.6) is 11.5 Å². The summed E-state index contributed by atoms with van der Waals surface area (Å²) in [6, 6.07) is 13.2. The van der Waals surface area contributed by atoms with Crippen molar-refractivity contribution in [2.24, 2.45) is 0 Å². The molecule has 2 aromatic carbocycles. The number of esters is 1. The van der Waals surface area contributed by atoms with Gasteiger partial charge in [-0.2, -0.15) is 0 Å². The van der Waals surface area contributed by atoms with Gasteiger partial charge in [0.1, 0.15) is 0 Å². The van der Waals surface area contributed by atoms with Crippen molar-refractivity contribution in [3.05, 3.63) is 59.7 Å². The highest BCUT2D eigenvalue weighted by Gasteiger charge is 2.22. The second-order valence-electron chi connectivity index (χ2n) is 7.30. The van der Waals surface area contributed by atoms with Gasteiger partial charge >= 0.3 is 5.97 Å². The first kappa shape index (κ1) is 21.4. The van der Waals surface area contributed by atoms with Crippen LogP contribution in [0.25, 0.3) is 6.08 Å². The molecule has 0 fully saturated rings. The Kier molecular flexibility index (Phi) is 7.12. The van der Waals surface area contributed by atoms with Crippen LogP contribution in [0.1, 0.15) is 31.4 Å². The van der Waals surface area contributed by atoms with Crippen molar-refractivity contribution in [3.8, 4) is 11.5 Å². The minimum atomic E-state index is -0.574. The van der Waals surface area contributed by atoms with Crippen LogP contribution in [0.4, 0.5) is 5.69 Å². The molecule has 30 heavy (non-hydrogen) atoms. The zero-order valence-corrected chi connectivity index (χ0v) is 17.6. The van der Waals surface area contributed by atoms with Crippen molar-refractivity contribution >= 4 is 23.6 Å². The van der Waals surface area contributed by atoms with Crippen molar-refractivity contribution in [1.29, 1.82) is 0 Å². The molecule has 0 aromatic heterocycles. The summed E-state index contributed by atoms with van der Waals surface area (Å²) < 4.78 is 16.2. The smallest absolute Gasteiger partial charge is 0.331 e. The second-order valence-corrected chi connectivity index (χ2v) is 7.30. The Bertz CT molecular complexity index is 935. The lowest BCUT2D eigenvalue weighted by Gasteiger charge is -2.29. The maximum atomic E-state index is 12.5. The maximum absolute atomic E-state index is 12.5. The molecule has 1 heterocycles. The molecule has 6 heteroatoms. The largest absolute Gasteiger partial charge is 0.493 e. The Hall–Kier alpha value is -3.28. The molecule has 0 spiro atoms. The van der Waals surface area contributed by atoms with Gasteiger partial charge in [-0.3, -0.25) is 4.79 Å². The number of fused-ring (bicyclic) bond motifs is 1. The molecule has 0 atom stereocenters. The lowest BCUT2D eigenvalue weighted by Crippen LogP contribution is -2.38. The average molecular weight is 409 g/mol. The number of benzene rings is 2. The standard InChI is InChI=1S/C24H27NO5/c1-17(2)30-21-12-10-18(15-22(21)28-3)11-13-24(27)29-16-23(26)25-14-6-8-19-7-4-5-9-20(19)25/h4-5,7,9-13,15,17H,6,8,14,16H2,1-3H3/b13-11+. The molecule has 1 amide bonds. The number of rotatable bonds is 7. The first-order valence-corrected chi connectivity index (χ1v) is 10.1. The zero-order chi connectivity index (χ0) is 21.5. The van der Waals surface area contributed by atoms with E-state index in [-0.39, 0.29) is 18.6 Å². The van der Waals surface area contributed by atoms with E-state index in [0.717, 1.165) is 29.7 Å². The third-order valence-corrected chi connectivity index (χ3v) is 4.71. The zero-order valence-electron chi connectivity index (χ0n) is 17.6. The van der Waals surface area contributed by atoms with Gasteiger partial charge in [-0.1, -0.05) is 24.3 Å². The lowest BCUT2D eigenvalue weighted by atomic mass is 10.0. The molecule has 1 aliphatic rings. The normalized spacial score (nSPS) is 13.3. The minimum absolute atomic E-state index is 0.0275. The van der Waals surface area contributed by atoms with Crippen LogP contribution in [0.15, 0.2) is 48.5 Å². The lowest BCUT2D eigenvalue weighted by molar-refractivity contribution is -0.142. The van der Waals surface area contributed by atoms with Crippen molar-refractivity contribution in [2.45, 2.75) is 32.8 Å². The summed E-state index contributed by atoms with van der Waals surface area (Å²) in [5.74, 6) is 0.425. The monoisotopic (exact) mass is 409 g/mol. The molecular formula is C24H27NO5. The summed E-state index contributed by atoms with van der Waals surface area (Å²) in [5.41, 5.74) is 2.80. The van der Waals surface area contributed by atoms with Gasteiger partial charge in [0.25, 0.3) is 5.91 Å². The van der Waals surface area contributed by atoms with Crippen molar-refractivity contribution in [1.82, 2.24) is 0 Å². The van der Waals surface area contributed by atoms with E-state index in [1.807, 2.05) is 44.2 Å². The van der Waals surface area contributed by atoms with Crippen LogP contribution in [0, 0.1) is 0 Å². The highest BCUT2D eigenvalue weighted by atomic mass is 16.5. The van der Waals surface area contributed by atoms with Crippen LogP contribution >= 0.6 is 0 Å². The van der Waals surface area contributed by atoms with Gasteiger partial charge < -0.3 is 19.1 Å². The summed E-state index contributed by atoms with van der Waals surface area (Å²) in [6.07, 6.45) is 4.79. The number of amides is 1. The third-order valence-electron chi connectivity index (χ3n) is 4.71. The van der Waals surface area contributed by atoms with E-state index in [0.29, 0.717) is 18.0 Å². The molecule has 0 aliphatic carbocycles. The Morgan fingerprint density at radius 1 is 1.13 bits per heavy atom. The maximum Gasteiger partial charge on any atom is 0.331 e. The van der Waals surface area contributed by atoms with Crippen LogP contribution in [-0.2, 0) is 20.7 Å². The van der Waals surface area contributed by atoms with Gasteiger partial charge in [0.15, 0.2) is 18.1 Å². The fraction of sp³-hybridized carbons (Fsp3) is 0.333. The number of aryl methyl sites for hydroxylation is 1. The molecule has 0 saturated carbocycles. The Balaban J connectivity index is 1.57. The summed E-state index contributed by atoms with van der Waals surface area (Å²) in [6.45, 7) is 4.22. The highest BCUT2D eigenvalue weighted by molar-refractivity contribution is 5.97. The van der Waals surface area contributed by atoms with Gasteiger partial charge in [0, 0.05) is 18.3 Å². The second kappa shape index (κ2) is 9.96. The summed E-state index contributed by atoms with van der Waals surface area (Å²) in [4.78, 5) is 26.3. The molecule has 3 rings (SSSR count). The molecule has 2 aromatic rings. The average Bonchev–Trinajstić information content (AvgIpc) is 2.75. The number of anilines is 1. The van der Waals surface area contributed by atoms with Crippen molar-refractivity contribution < 1.29 is 23.8 Å². The number of carbonyl (C=O) groups is 2. The van der Waals surface area contributed by atoms with E-state index < -0.39 is 5.97 Å². The number of ether oxygens (including phenoxy) is 3. The van der Waals surface area contributed by atoms with Gasteiger partial charge in [-0.25, -0.2) is 4.79 Å². The van der Waals surface area contributed by atoms with E-state index in [4.69, 9.17) is 14.2 Å². The highest BCUT2D eigenvalue weighted by Crippen LogP contribution is 2.29. The first-order chi connectivity index (χ1) is 14.5. The quantitative estimate of drug-likeness (QED) is 0.511. The molecule has 1 aliphatic heterocycles. The van der Waals surface area contributed by atoms with E-state index in [1.165, 1.54) is 6.08 Å². The summed E-state index contributed by atoms with van der Waals surface area (Å²) >= 11 is 0. The number of hydrogen-bond acceptors (Lipinski definition) is 5. The molecule has 0 saturated heterocycles.